The molecule has 1 aromatic rings. The standard InChI is InChI=1S/C7H10N2O2.C2H6/c1-5(10)7(11)2-6-3-8-4-9-6;1-2/h3-4,7,11H,2H2,1H3,(H,8,9);1-2H3/t7-;/m0./s1. The molecule has 0 saturated carbocycles. The molecule has 0 aliphatic carbocycles. The molecule has 13 heavy (non-hydrogen) atoms. The lowest BCUT2D eigenvalue weighted by Gasteiger charge is -2.02. The van der Waals surface area contributed by atoms with Crippen LogP contribution in [-0.2, 0) is 11.2 Å². The average Bonchev–Trinajstić information content (AvgIpc) is 2.60. The minimum atomic E-state index is -0.907. The van der Waals surface area contributed by atoms with Crippen LogP contribution in [0.1, 0.15) is 26.5 Å². The predicted octanol–water partition coefficient (Wildman–Crippen LogP) is 0.928. The Balaban J connectivity index is 0.000000671. The number of aromatic nitrogens is 2. The third kappa shape index (κ3) is 4.42. The fourth-order valence-corrected chi connectivity index (χ4v) is 0.748. The number of nitrogens with one attached hydrogen (secondary N) is 1. The van der Waals surface area contributed by atoms with Crippen molar-refractivity contribution in [1.29, 1.82) is 0 Å². The number of imidazole rings is 1. The Kier molecular flexibility index (Phi) is 5.80. The van der Waals surface area contributed by atoms with Crippen molar-refractivity contribution in [2.45, 2.75) is 33.3 Å². The number of rotatable bonds is 3. The number of carbonyl (C=O) groups is 1. The minimum Gasteiger partial charge on any atom is -0.385 e. The van der Waals surface area contributed by atoms with Gasteiger partial charge in [-0.05, 0) is 6.92 Å². The highest BCUT2D eigenvalue weighted by molar-refractivity contribution is 5.80. The first-order valence-corrected chi connectivity index (χ1v) is 4.36. The van der Waals surface area contributed by atoms with Crippen molar-refractivity contribution < 1.29 is 9.90 Å². The summed E-state index contributed by atoms with van der Waals surface area (Å²) in [5.41, 5.74) is 0.771. The molecule has 0 unspecified atom stereocenters. The summed E-state index contributed by atoms with van der Waals surface area (Å²) in [6.07, 6.45) is 2.51. The van der Waals surface area contributed by atoms with Gasteiger partial charge < -0.3 is 10.1 Å². The van der Waals surface area contributed by atoms with Crippen LogP contribution in [0.2, 0.25) is 0 Å². The molecule has 0 spiro atoms. The summed E-state index contributed by atoms with van der Waals surface area (Å²) in [7, 11) is 0. The van der Waals surface area contributed by atoms with E-state index in [-0.39, 0.29) is 5.78 Å². The maximum Gasteiger partial charge on any atom is 0.158 e. The number of hydrogen-bond acceptors (Lipinski definition) is 3. The van der Waals surface area contributed by atoms with E-state index in [1.54, 1.807) is 6.20 Å². The first kappa shape index (κ1) is 11.8. The van der Waals surface area contributed by atoms with Crippen molar-refractivity contribution in [3.05, 3.63) is 18.2 Å². The SMILES string of the molecule is CC.CC(=O)[C@@H](O)Cc1cnc[nH]1. The first-order valence-electron chi connectivity index (χ1n) is 4.36. The summed E-state index contributed by atoms with van der Waals surface area (Å²) >= 11 is 0. The lowest BCUT2D eigenvalue weighted by molar-refractivity contribution is -0.124. The largest absolute Gasteiger partial charge is 0.385 e. The Labute approximate surface area is 78.0 Å². The van der Waals surface area contributed by atoms with Crippen molar-refractivity contribution in [2.75, 3.05) is 0 Å². The van der Waals surface area contributed by atoms with E-state index < -0.39 is 6.10 Å². The zero-order valence-electron chi connectivity index (χ0n) is 8.24. The smallest absolute Gasteiger partial charge is 0.158 e. The number of H-pyrrole nitrogens is 1. The van der Waals surface area contributed by atoms with Crippen molar-refractivity contribution >= 4 is 5.78 Å². The highest BCUT2D eigenvalue weighted by atomic mass is 16.3. The molecular weight excluding hydrogens is 168 g/mol. The second-order valence-electron chi connectivity index (χ2n) is 2.41. The summed E-state index contributed by atoms with van der Waals surface area (Å²) in [5.74, 6) is -0.223. The van der Waals surface area contributed by atoms with Gasteiger partial charge in [0.2, 0.25) is 0 Å². The number of aromatic amines is 1. The Bertz CT molecular complexity index is 232. The molecule has 2 N–H and O–H groups in total. The number of hydrogen-bond donors (Lipinski definition) is 2. The van der Waals surface area contributed by atoms with E-state index in [1.165, 1.54) is 13.3 Å². The Morgan fingerprint density at radius 1 is 1.69 bits per heavy atom. The summed E-state index contributed by atoms with van der Waals surface area (Å²) in [6, 6.07) is 0. The van der Waals surface area contributed by atoms with Gasteiger partial charge in [0.15, 0.2) is 5.78 Å². The number of Topliss-reactive ketones (excluding diaryl/α,β-unsaturated/α-hetero) is 1. The van der Waals surface area contributed by atoms with Crippen LogP contribution in [0.5, 0.6) is 0 Å². The maximum absolute atomic E-state index is 10.6. The van der Waals surface area contributed by atoms with Crippen LogP contribution in [0.4, 0.5) is 0 Å². The van der Waals surface area contributed by atoms with Crippen LogP contribution in [-0.4, -0.2) is 27.0 Å². The second kappa shape index (κ2) is 6.37. The first-order chi connectivity index (χ1) is 6.20. The summed E-state index contributed by atoms with van der Waals surface area (Å²) in [6.45, 7) is 5.36. The van der Waals surface area contributed by atoms with E-state index >= 15 is 0 Å². The van der Waals surface area contributed by atoms with Crippen LogP contribution in [0.3, 0.4) is 0 Å². The highest BCUT2D eigenvalue weighted by Crippen LogP contribution is 1.98. The molecule has 0 bridgehead atoms. The van der Waals surface area contributed by atoms with E-state index in [9.17, 15) is 4.79 Å². The number of nitrogens with zero attached hydrogens (tertiary/aromatic N) is 1. The zero-order chi connectivity index (χ0) is 10.3. The number of aliphatic hydroxyl groups excluding tert-OH is 1. The van der Waals surface area contributed by atoms with Gasteiger partial charge in [-0.25, -0.2) is 4.98 Å². The van der Waals surface area contributed by atoms with E-state index in [1.807, 2.05) is 13.8 Å². The van der Waals surface area contributed by atoms with Crippen molar-refractivity contribution in [3.8, 4) is 0 Å². The van der Waals surface area contributed by atoms with E-state index in [0.717, 1.165) is 5.69 Å². The van der Waals surface area contributed by atoms with Gasteiger partial charge in [-0.15, -0.1) is 0 Å². The number of ketones is 1. The molecule has 0 aliphatic heterocycles. The molecule has 0 aliphatic rings. The van der Waals surface area contributed by atoms with Crippen LogP contribution >= 0.6 is 0 Å². The molecule has 0 amide bonds. The Morgan fingerprint density at radius 3 is 2.69 bits per heavy atom. The van der Waals surface area contributed by atoms with Crippen LogP contribution < -0.4 is 0 Å². The van der Waals surface area contributed by atoms with Crippen molar-refractivity contribution in [3.63, 3.8) is 0 Å². The Hall–Kier alpha value is -1.16. The monoisotopic (exact) mass is 184 g/mol. The molecule has 0 radical (unpaired) electrons. The Morgan fingerprint density at radius 2 is 2.31 bits per heavy atom. The molecule has 0 saturated heterocycles. The highest BCUT2D eigenvalue weighted by Gasteiger charge is 2.10. The number of carbonyl (C=O) groups excluding carboxylic acids is 1. The molecule has 74 valence electrons. The van der Waals surface area contributed by atoms with Gasteiger partial charge in [-0.2, -0.15) is 0 Å². The van der Waals surface area contributed by atoms with Crippen molar-refractivity contribution in [1.82, 2.24) is 9.97 Å². The van der Waals surface area contributed by atoms with Crippen LogP contribution in [0, 0.1) is 0 Å². The third-order valence-corrected chi connectivity index (χ3v) is 1.44. The molecule has 1 heterocycles. The van der Waals surface area contributed by atoms with Crippen LogP contribution in [0.15, 0.2) is 12.5 Å². The zero-order valence-corrected chi connectivity index (χ0v) is 8.24. The van der Waals surface area contributed by atoms with Gasteiger partial charge in [-0.1, -0.05) is 13.8 Å². The quantitative estimate of drug-likeness (QED) is 0.734. The number of aliphatic hydroxyl groups is 1. The van der Waals surface area contributed by atoms with Gasteiger partial charge in [0.05, 0.1) is 6.33 Å². The average molecular weight is 184 g/mol. The van der Waals surface area contributed by atoms with Gasteiger partial charge in [0.1, 0.15) is 6.10 Å². The molecule has 1 aromatic heterocycles. The molecule has 1 rings (SSSR count). The minimum absolute atomic E-state index is 0.223. The lowest BCUT2D eigenvalue weighted by atomic mass is 10.1. The van der Waals surface area contributed by atoms with Gasteiger partial charge in [0, 0.05) is 18.3 Å². The van der Waals surface area contributed by atoms with Gasteiger partial charge >= 0.3 is 0 Å². The third-order valence-electron chi connectivity index (χ3n) is 1.44. The topological polar surface area (TPSA) is 66.0 Å². The normalized spacial score (nSPS) is 11.4. The molecule has 1 atom stereocenters. The maximum atomic E-state index is 10.6. The fourth-order valence-electron chi connectivity index (χ4n) is 0.748. The molecule has 0 fully saturated rings. The van der Waals surface area contributed by atoms with Gasteiger partial charge in [-0.3, -0.25) is 4.79 Å². The van der Waals surface area contributed by atoms with E-state index in [2.05, 4.69) is 9.97 Å². The predicted molar refractivity (Wildman–Crippen MR) is 50.3 cm³/mol. The lowest BCUT2D eigenvalue weighted by Crippen LogP contribution is -2.19. The summed E-state index contributed by atoms with van der Waals surface area (Å²) in [4.78, 5) is 17.1. The fraction of sp³-hybridized carbons (Fsp3) is 0.556. The summed E-state index contributed by atoms with van der Waals surface area (Å²) < 4.78 is 0. The molecule has 4 heteroatoms. The van der Waals surface area contributed by atoms with E-state index in [4.69, 9.17) is 5.11 Å². The second-order valence-corrected chi connectivity index (χ2v) is 2.41. The van der Waals surface area contributed by atoms with Crippen LogP contribution in [0.25, 0.3) is 0 Å². The molecular formula is C9H16N2O2. The molecule has 0 aromatic carbocycles. The molecule has 4 nitrogen and oxygen atoms in total. The summed E-state index contributed by atoms with van der Waals surface area (Å²) in [5, 5.41) is 9.10. The van der Waals surface area contributed by atoms with Gasteiger partial charge in [0.25, 0.3) is 0 Å². The van der Waals surface area contributed by atoms with E-state index in [0.29, 0.717) is 6.42 Å². The van der Waals surface area contributed by atoms with Crippen molar-refractivity contribution in [2.24, 2.45) is 0 Å².